The average Bonchev–Trinajstić information content (AvgIpc) is 2.41. The third-order valence-electron chi connectivity index (χ3n) is 2.87. The fourth-order valence-electron chi connectivity index (χ4n) is 1.82. The van der Waals surface area contributed by atoms with E-state index in [2.05, 4.69) is 10.0 Å². The van der Waals surface area contributed by atoms with Crippen LogP contribution in [0.4, 0.5) is 8.78 Å². The largest absolute Gasteiger partial charge is 0.314 e. The van der Waals surface area contributed by atoms with E-state index in [1.165, 1.54) is 4.31 Å². The van der Waals surface area contributed by atoms with E-state index in [0.29, 0.717) is 26.2 Å². The van der Waals surface area contributed by atoms with Crippen molar-refractivity contribution in [1.82, 2.24) is 14.3 Å². The Morgan fingerprint density at radius 2 is 1.95 bits per heavy atom. The maximum absolute atomic E-state index is 13.4. The molecule has 1 aliphatic heterocycles. The van der Waals surface area contributed by atoms with Gasteiger partial charge in [-0.05, 0) is 18.2 Å². The molecule has 1 saturated heterocycles. The highest BCUT2D eigenvalue weighted by atomic mass is 32.2. The van der Waals surface area contributed by atoms with Gasteiger partial charge in [0.25, 0.3) is 10.2 Å². The van der Waals surface area contributed by atoms with E-state index in [-0.39, 0.29) is 12.1 Å². The number of benzene rings is 1. The quantitative estimate of drug-likeness (QED) is 0.833. The first-order valence-corrected chi connectivity index (χ1v) is 7.32. The zero-order chi connectivity index (χ0) is 13.9. The van der Waals surface area contributed by atoms with Gasteiger partial charge in [0, 0.05) is 38.3 Å². The first-order valence-electron chi connectivity index (χ1n) is 5.88. The molecule has 1 heterocycles. The number of hydrogen-bond acceptors (Lipinski definition) is 3. The van der Waals surface area contributed by atoms with Crippen LogP contribution in [0, 0.1) is 11.6 Å². The number of nitrogens with zero attached hydrogens (tertiary/aromatic N) is 1. The molecule has 1 aliphatic rings. The molecule has 0 amide bonds. The Hall–Kier alpha value is -1.09. The Morgan fingerprint density at radius 1 is 1.26 bits per heavy atom. The molecule has 0 spiro atoms. The summed E-state index contributed by atoms with van der Waals surface area (Å²) in [6.07, 6.45) is 0. The highest BCUT2D eigenvalue weighted by Gasteiger charge is 2.23. The molecule has 0 radical (unpaired) electrons. The van der Waals surface area contributed by atoms with Crippen LogP contribution in [0.1, 0.15) is 5.56 Å². The highest BCUT2D eigenvalue weighted by molar-refractivity contribution is 7.87. The van der Waals surface area contributed by atoms with Crippen LogP contribution in [-0.4, -0.2) is 38.9 Å². The molecule has 0 aromatic heterocycles. The summed E-state index contributed by atoms with van der Waals surface area (Å²) in [5, 5.41) is 3.03. The molecule has 2 N–H and O–H groups in total. The molecule has 19 heavy (non-hydrogen) atoms. The van der Waals surface area contributed by atoms with Crippen LogP contribution < -0.4 is 10.0 Å². The summed E-state index contributed by atoms with van der Waals surface area (Å²) in [5.41, 5.74) is -0.0151. The molecule has 0 saturated carbocycles. The van der Waals surface area contributed by atoms with E-state index in [0.717, 1.165) is 18.2 Å². The standard InChI is InChI=1S/C11H15F2N3O2S/c12-10-1-2-11(13)9(7-10)8-15-19(17,18)16-5-3-14-4-6-16/h1-2,7,14-15H,3-6,8H2. The summed E-state index contributed by atoms with van der Waals surface area (Å²) in [6.45, 7) is 1.61. The lowest BCUT2D eigenvalue weighted by Gasteiger charge is -2.26. The zero-order valence-corrected chi connectivity index (χ0v) is 11.0. The van der Waals surface area contributed by atoms with Gasteiger partial charge in [-0.3, -0.25) is 0 Å². The third-order valence-corrected chi connectivity index (χ3v) is 4.42. The van der Waals surface area contributed by atoms with E-state index in [1.807, 2.05) is 0 Å². The van der Waals surface area contributed by atoms with Crippen LogP contribution in [0.5, 0.6) is 0 Å². The van der Waals surface area contributed by atoms with Gasteiger partial charge < -0.3 is 5.32 Å². The molecule has 1 aromatic rings. The normalized spacial score (nSPS) is 17.6. The molecule has 2 rings (SSSR count). The second-order valence-electron chi connectivity index (χ2n) is 4.21. The van der Waals surface area contributed by atoms with Crippen LogP contribution in [0.25, 0.3) is 0 Å². The van der Waals surface area contributed by atoms with Crippen molar-refractivity contribution in [2.45, 2.75) is 6.54 Å². The van der Waals surface area contributed by atoms with Crippen molar-refractivity contribution in [1.29, 1.82) is 0 Å². The second-order valence-corrected chi connectivity index (χ2v) is 5.97. The minimum atomic E-state index is -3.66. The molecular formula is C11H15F2N3O2S. The Kier molecular flexibility index (Phi) is 4.46. The van der Waals surface area contributed by atoms with Crippen molar-refractivity contribution in [3.8, 4) is 0 Å². The maximum Gasteiger partial charge on any atom is 0.279 e. The molecule has 0 aliphatic carbocycles. The summed E-state index contributed by atoms with van der Waals surface area (Å²) in [4.78, 5) is 0. The first-order chi connectivity index (χ1) is 8.99. The van der Waals surface area contributed by atoms with Crippen molar-refractivity contribution < 1.29 is 17.2 Å². The smallest absolute Gasteiger partial charge is 0.279 e. The Balaban J connectivity index is 2.02. The number of piperazine rings is 1. The van der Waals surface area contributed by atoms with Crippen LogP contribution in [0.3, 0.4) is 0 Å². The van der Waals surface area contributed by atoms with E-state index >= 15 is 0 Å². The molecular weight excluding hydrogens is 276 g/mol. The van der Waals surface area contributed by atoms with E-state index in [1.54, 1.807) is 0 Å². The SMILES string of the molecule is O=S(=O)(NCc1cc(F)ccc1F)N1CCNCC1. The van der Waals surface area contributed by atoms with Crippen LogP contribution in [-0.2, 0) is 16.8 Å². The lowest BCUT2D eigenvalue weighted by molar-refractivity contribution is 0.354. The third kappa shape index (κ3) is 3.69. The van der Waals surface area contributed by atoms with E-state index in [4.69, 9.17) is 0 Å². The lowest BCUT2D eigenvalue weighted by atomic mass is 10.2. The number of rotatable bonds is 4. The van der Waals surface area contributed by atoms with Gasteiger partial charge in [0.1, 0.15) is 11.6 Å². The highest BCUT2D eigenvalue weighted by Crippen LogP contribution is 2.10. The fourth-order valence-corrected chi connectivity index (χ4v) is 3.01. The lowest BCUT2D eigenvalue weighted by Crippen LogP contribution is -2.50. The summed E-state index contributed by atoms with van der Waals surface area (Å²) >= 11 is 0. The van der Waals surface area contributed by atoms with Gasteiger partial charge in [-0.1, -0.05) is 0 Å². The van der Waals surface area contributed by atoms with E-state index in [9.17, 15) is 17.2 Å². The molecule has 1 fully saturated rings. The van der Waals surface area contributed by atoms with Crippen LogP contribution in [0.15, 0.2) is 18.2 Å². The molecule has 1 aromatic carbocycles. The molecule has 0 bridgehead atoms. The molecule has 106 valence electrons. The van der Waals surface area contributed by atoms with Crippen LogP contribution in [0.2, 0.25) is 0 Å². The summed E-state index contributed by atoms with van der Waals surface area (Å²) in [5.74, 6) is -1.23. The van der Waals surface area contributed by atoms with Gasteiger partial charge >= 0.3 is 0 Å². The monoisotopic (exact) mass is 291 g/mol. The van der Waals surface area contributed by atoms with Crippen molar-refractivity contribution in [3.05, 3.63) is 35.4 Å². The fraction of sp³-hybridized carbons (Fsp3) is 0.455. The van der Waals surface area contributed by atoms with Crippen molar-refractivity contribution in [2.75, 3.05) is 26.2 Å². The summed E-state index contributed by atoms with van der Waals surface area (Å²) in [7, 11) is -3.66. The van der Waals surface area contributed by atoms with Gasteiger partial charge in [-0.25, -0.2) is 8.78 Å². The average molecular weight is 291 g/mol. The van der Waals surface area contributed by atoms with Crippen molar-refractivity contribution >= 4 is 10.2 Å². The zero-order valence-electron chi connectivity index (χ0n) is 10.2. The number of nitrogens with one attached hydrogen (secondary N) is 2. The topological polar surface area (TPSA) is 61.4 Å². The Labute approximate surface area is 110 Å². The molecule has 0 unspecified atom stereocenters. The minimum absolute atomic E-state index is 0.0151. The number of halogens is 2. The van der Waals surface area contributed by atoms with Crippen molar-refractivity contribution in [2.24, 2.45) is 0 Å². The van der Waals surface area contributed by atoms with Gasteiger partial charge in [0.2, 0.25) is 0 Å². The minimum Gasteiger partial charge on any atom is -0.314 e. The van der Waals surface area contributed by atoms with Gasteiger partial charge in [-0.15, -0.1) is 0 Å². The Morgan fingerprint density at radius 3 is 2.63 bits per heavy atom. The van der Waals surface area contributed by atoms with E-state index < -0.39 is 21.8 Å². The van der Waals surface area contributed by atoms with Gasteiger partial charge in [-0.2, -0.15) is 17.4 Å². The summed E-state index contributed by atoms with van der Waals surface area (Å²) < 4.78 is 53.7. The number of hydrogen-bond donors (Lipinski definition) is 2. The Bertz CT molecular complexity index is 545. The maximum atomic E-state index is 13.4. The predicted molar refractivity (Wildman–Crippen MR) is 66.6 cm³/mol. The predicted octanol–water partition coefficient (Wildman–Crippen LogP) is 0.204. The first kappa shape index (κ1) is 14.3. The summed E-state index contributed by atoms with van der Waals surface area (Å²) in [6, 6.07) is 2.95. The van der Waals surface area contributed by atoms with Gasteiger partial charge in [0.05, 0.1) is 0 Å². The van der Waals surface area contributed by atoms with Gasteiger partial charge in [0.15, 0.2) is 0 Å². The van der Waals surface area contributed by atoms with Crippen LogP contribution >= 0.6 is 0 Å². The molecule has 5 nitrogen and oxygen atoms in total. The molecule has 0 atom stereocenters. The second kappa shape index (κ2) is 5.91. The molecule has 8 heteroatoms. The van der Waals surface area contributed by atoms with Crippen molar-refractivity contribution in [3.63, 3.8) is 0 Å².